The standard InChI is InChI=1S/C17H33ClO2/c1-19-17(20-2)15-13-11-9-7-5-3-4-6-8-10-12-14-16-18/h10,12,17H,3-9,11,13-16H2,1-2H3/b12-10-. The second-order valence-electron chi connectivity index (χ2n) is 5.26. The van der Waals surface area contributed by atoms with Crippen LogP contribution in [0.3, 0.4) is 0 Å². The summed E-state index contributed by atoms with van der Waals surface area (Å²) in [7, 11) is 3.41. The number of hydrogen-bond donors (Lipinski definition) is 0. The summed E-state index contributed by atoms with van der Waals surface area (Å²) in [5, 5.41) is 0. The lowest BCUT2D eigenvalue weighted by molar-refractivity contribution is -0.107. The van der Waals surface area contributed by atoms with Gasteiger partial charge >= 0.3 is 0 Å². The average molecular weight is 305 g/mol. The molecule has 0 radical (unpaired) electrons. The van der Waals surface area contributed by atoms with Crippen molar-refractivity contribution < 1.29 is 9.47 Å². The molecule has 0 unspecified atom stereocenters. The first-order valence-electron chi connectivity index (χ1n) is 8.11. The Morgan fingerprint density at radius 1 is 0.750 bits per heavy atom. The number of alkyl halides is 1. The van der Waals surface area contributed by atoms with Crippen molar-refractivity contribution in [2.45, 2.75) is 76.9 Å². The Morgan fingerprint density at radius 3 is 1.80 bits per heavy atom. The third-order valence-electron chi connectivity index (χ3n) is 3.53. The maximum atomic E-state index is 5.60. The number of allylic oxidation sites excluding steroid dienone is 2. The normalized spacial score (nSPS) is 11.8. The van der Waals surface area contributed by atoms with Crippen LogP contribution in [0.4, 0.5) is 0 Å². The van der Waals surface area contributed by atoms with E-state index in [9.17, 15) is 0 Å². The lowest BCUT2D eigenvalue weighted by atomic mass is 10.1. The van der Waals surface area contributed by atoms with Crippen LogP contribution in [-0.4, -0.2) is 26.4 Å². The molecule has 3 heteroatoms. The van der Waals surface area contributed by atoms with Crippen molar-refractivity contribution in [3.05, 3.63) is 12.2 Å². The molecule has 0 fully saturated rings. The molecular formula is C17H33ClO2. The Bertz CT molecular complexity index is 203. The predicted molar refractivity (Wildman–Crippen MR) is 88.5 cm³/mol. The van der Waals surface area contributed by atoms with E-state index in [0.717, 1.165) is 18.7 Å². The van der Waals surface area contributed by atoms with Gasteiger partial charge < -0.3 is 9.47 Å². The van der Waals surface area contributed by atoms with Crippen molar-refractivity contribution in [1.29, 1.82) is 0 Å². The first-order chi connectivity index (χ1) is 9.85. The van der Waals surface area contributed by atoms with Gasteiger partial charge in [0.2, 0.25) is 0 Å². The van der Waals surface area contributed by atoms with Gasteiger partial charge in [-0.2, -0.15) is 0 Å². The summed E-state index contributed by atoms with van der Waals surface area (Å²) in [6.07, 6.45) is 18.3. The van der Waals surface area contributed by atoms with E-state index in [1.807, 2.05) is 0 Å². The molecular weight excluding hydrogens is 272 g/mol. The van der Waals surface area contributed by atoms with Crippen LogP contribution in [0.25, 0.3) is 0 Å². The van der Waals surface area contributed by atoms with Crippen LogP contribution < -0.4 is 0 Å². The van der Waals surface area contributed by atoms with E-state index in [0.29, 0.717) is 0 Å². The quantitative estimate of drug-likeness (QED) is 0.167. The molecule has 20 heavy (non-hydrogen) atoms. The monoisotopic (exact) mass is 304 g/mol. The number of halogens is 1. The van der Waals surface area contributed by atoms with Crippen LogP contribution in [0, 0.1) is 0 Å². The number of methoxy groups -OCH3 is 2. The second-order valence-corrected chi connectivity index (χ2v) is 5.63. The molecule has 0 saturated heterocycles. The van der Waals surface area contributed by atoms with E-state index in [-0.39, 0.29) is 6.29 Å². The molecule has 120 valence electrons. The molecule has 0 rings (SSSR count). The van der Waals surface area contributed by atoms with Gasteiger partial charge in [0.05, 0.1) is 0 Å². The SMILES string of the molecule is COC(CCCCCCCCCC/C=C\CCCl)OC. The maximum Gasteiger partial charge on any atom is 0.156 e. The highest BCUT2D eigenvalue weighted by Gasteiger charge is 2.03. The lowest BCUT2D eigenvalue weighted by Gasteiger charge is -2.12. The number of unbranched alkanes of at least 4 members (excludes halogenated alkanes) is 8. The van der Waals surface area contributed by atoms with E-state index in [4.69, 9.17) is 21.1 Å². The van der Waals surface area contributed by atoms with E-state index in [2.05, 4.69) is 12.2 Å². The zero-order valence-electron chi connectivity index (χ0n) is 13.4. The highest BCUT2D eigenvalue weighted by Crippen LogP contribution is 2.12. The summed E-state index contributed by atoms with van der Waals surface area (Å²) in [4.78, 5) is 0. The fourth-order valence-electron chi connectivity index (χ4n) is 2.26. The molecule has 0 atom stereocenters. The summed E-state index contributed by atoms with van der Waals surface area (Å²) in [6, 6.07) is 0. The summed E-state index contributed by atoms with van der Waals surface area (Å²) < 4.78 is 10.3. The second kappa shape index (κ2) is 17.0. The van der Waals surface area contributed by atoms with Gasteiger partial charge in [0.15, 0.2) is 6.29 Å². The van der Waals surface area contributed by atoms with Crippen molar-refractivity contribution in [2.24, 2.45) is 0 Å². The maximum absolute atomic E-state index is 5.60. The van der Waals surface area contributed by atoms with Crippen molar-refractivity contribution >= 4 is 11.6 Å². The van der Waals surface area contributed by atoms with E-state index < -0.39 is 0 Å². The third kappa shape index (κ3) is 14.4. The molecule has 0 spiro atoms. The Balaban J connectivity index is 3.09. The molecule has 0 bridgehead atoms. The molecule has 0 aromatic heterocycles. The first-order valence-corrected chi connectivity index (χ1v) is 8.65. The first kappa shape index (κ1) is 19.9. The van der Waals surface area contributed by atoms with Gasteiger partial charge in [-0.25, -0.2) is 0 Å². The summed E-state index contributed by atoms with van der Waals surface area (Å²) in [5.41, 5.74) is 0. The highest BCUT2D eigenvalue weighted by atomic mass is 35.5. The van der Waals surface area contributed by atoms with Crippen LogP contribution in [0.2, 0.25) is 0 Å². The Hall–Kier alpha value is -0.0500. The minimum Gasteiger partial charge on any atom is -0.356 e. The summed E-state index contributed by atoms with van der Waals surface area (Å²) in [6.45, 7) is 0. The van der Waals surface area contributed by atoms with E-state index >= 15 is 0 Å². The van der Waals surface area contributed by atoms with Gasteiger partial charge in [-0.05, 0) is 32.1 Å². The molecule has 0 saturated carbocycles. The number of rotatable bonds is 15. The van der Waals surface area contributed by atoms with Gasteiger partial charge in [-0.3, -0.25) is 0 Å². The van der Waals surface area contributed by atoms with E-state index in [1.165, 1.54) is 57.8 Å². The predicted octanol–water partition coefficient (Wildman–Crippen LogP) is 5.69. The molecule has 0 heterocycles. The van der Waals surface area contributed by atoms with Crippen molar-refractivity contribution in [3.8, 4) is 0 Å². The van der Waals surface area contributed by atoms with Crippen molar-refractivity contribution in [2.75, 3.05) is 20.1 Å². The molecule has 2 nitrogen and oxygen atoms in total. The van der Waals surface area contributed by atoms with Crippen LogP contribution in [0.5, 0.6) is 0 Å². The zero-order chi connectivity index (χ0) is 14.9. The highest BCUT2D eigenvalue weighted by molar-refractivity contribution is 6.17. The van der Waals surface area contributed by atoms with Gasteiger partial charge in [0, 0.05) is 20.1 Å². The zero-order valence-corrected chi connectivity index (χ0v) is 14.2. The fraction of sp³-hybridized carbons (Fsp3) is 0.882. The minimum atomic E-state index is -0.0122. The molecule has 0 aliphatic heterocycles. The molecule has 0 aliphatic carbocycles. The number of hydrogen-bond acceptors (Lipinski definition) is 2. The van der Waals surface area contributed by atoms with Crippen LogP contribution in [0.1, 0.15) is 70.6 Å². The van der Waals surface area contributed by atoms with Crippen LogP contribution >= 0.6 is 11.6 Å². The van der Waals surface area contributed by atoms with Gasteiger partial charge in [0.25, 0.3) is 0 Å². The Morgan fingerprint density at radius 2 is 1.25 bits per heavy atom. The third-order valence-corrected chi connectivity index (χ3v) is 3.75. The molecule has 0 N–H and O–H groups in total. The topological polar surface area (TPSA) is 18.5 Å². The Labute approximate surface area is 130 Å². The lowest BCUT2D eigenvalue weighted by Crippen LogP contribution is -2.12. The molecule has 0 aliphatic rings. The smallest absolute Gasteiger partial charge is 0.156 e. The van der Waals surface area contributed by atoms with E-state index in [1.54, 1.807) is 14.2 Å². The molecule has 0 aromatic carbocycles. The van der Waals surface area contributed by atoms with Crippen LogP contribution in [-0.2, 0) is 9.47 Å². The average Bonchev–Trinajstić information content (AvgIpc) is 2.48. The van der Waals surface area contributed by atoms with Gasteiger partial charge in [-0.1, -0.05) is 50.7 Å². The van der Waals surface area contributed by atoms with Gasteiger partial charge in [-0.15, -0.1) is 11.6 Å². The molecule has 0 aromatic rings. The summed E-state index contributed by atoms with van der Waals surface area (Å²) in [5.74, 6) is 0.742. The van der Waals surface area contributed by atoms with Gasteiger partial charge in [0.1, 0.15) is 0 Å². The summed E-state index contributed by atoms with van der Waals surface area (Å²) >= 11 is 5.60. The Kier molecular flexibility index (Phi) is 17.0. The van der Waals surface area contributed by atoms with Crippen LogP contribution in [0.15, 0.2) is 12.2 Å². The number of ether oxygens (including phenoxy) is 2. The van der Waals surface area contributed by atoms with Crippen molar-refractivity contribution in [3.63, 3.8) is 0 Å². The fourth-order valence-corrected chi connectivity index (χ4v) is 2.39. The molecule has 0 amide bonds. The van der Waals surface area contributed by atoms with Crippen molar-refractivity contribution in [1.82, 2.24) is 0 Å². The minimum absolute atomic E-state index is 0.0122. The largest absolute Gasteiger partial charge is 0.356 e.